The van der Waals surface area contributed by atoms with Crippen LogP contribution in [-0.2, 0) is 11.3 Å². The van der Waals surface area contributed by atoms with E-state index in [1.165, 1.54) is 12.1 Å². The fourth-order valence-electron chi connectivity index (χ4n) is 5.23. The van der Waals surface area contributed by atoms with Crippen molar-refractivity contribution >= 4 is 25.1 Å². The average molecular weight is 552 g/mol. The molecule has 0 saturated carbocycles. The molecule has 1 aromatic heterocycles. The number of nitrogens with one attached hydrogen (secondary N) is 1. The van der Waals surface area contributed by atoms with E-state index in [1.54, 1.807) is 12.1 Å². The predicted molar refractivity (Wildman–Crippen MR) is 160 cm³/mol. The van der Waals surface area contributed by atoms with Gasteiger partial charge in [0, 0.05) is 29.9 Å². The first-order chi connectivity index (χ1) is 19.7. The van der Waals surface area contributed by atoms with Crippen LogP contribution in [0.3, 0.4) is 0 Å². The van der Waals surface area contributed by atoms with Crippen molar-refractivity contribution in [2.45, 2.75) is 57.8 Å². The molecular formula is C33H34BFN2O4. The van der Waals surface area contributed by atoms with Crippen LogP contribution in [0.5, 0.6) is 0 Å². The van der Waals surface area contributed by atoms with Gasteiger partial charge >= 0.3 is 0 Å². The molecule has 0 unspecified atom stereocenters. The lowest BCUT2D eigenvalue weighted by Crippen LogP contribution is -2.23. The molecule has 0 fully saturated rings. The minimum absolute atomic E-state index is 0.0139. The second-order valence-electron chi connectivity index (χ2n) is 10.5. The number of hydrogen-bond acceptors (Lipinski definition) is 4. The van der Waals surface area contributed by atoms with Crippen LogP contribution in [0.4, 0.5) is 10.1 Å². The smallest absolute Gasteiger partial charge is 0.258 e. The van der Waals surface area contributed by atoms with Gasteiger partial charge in [0.1, 0.15) is 5.82 Å². The first-order valence-electron chi connectivity index (χ1n) is 13.7. The lowest BCUT2D eigenvalue weighted by molar-refractivity contribution is -0.113. The molecule has 4 aromatic rings. The van der Waals surface area contributed by atoms with Crippen molar-refractivity contribution in [1.82, 2.24) is 4.57 Å². The molecule has 0 aliphatic carbocycles. The van der Waals surface area contributed by atoms with E-state index in [4.69, 9.17) is 7.85 Å². The maximum Gasteiger partial charge on any atom is 0.258 e. The number of anilines is 1. The number of aliphatic hydroxyl groups excluding tert-OH is 2. The van der Waals surface area contributed by atoms with Gasteiger partial charge in [-0.15, -0.1) is 0 Å². The van der Waals surface area contributed by atoms with E-state index in [2.05, 4.69) is 5.32 Å². The standard InChI is InChI=1S/C33H34BFN2O4/c1-21(2)31-30(33(41)36-25-11-7-4-8-12-25)29(22-9-5-3-6-10-22)32(23-13-15-24(35)16-14-23)37(31)18-17-26(38)19-27(39)20-28(34)40/h3-16,21,26-27,38-39H,17-20H2,1-2H3,(H,36,41)/t26-,27-/m1/s1. The van der Waals surface area contributed by atoms with Crippen LogP contribution in [0.15, 0.2) is 84.9 Å². The summed E-state index contributed by atoms with van der Waals surface area (Å²) in [6.07, 6.45) is -1.98. The molecule has 0 aliphatic rings. The Kier molecular flexibility index (Phi) is 9.92. The summed E-state index contributed by atoms with van der Waals surface area (Å²) in [7, 11) is 5.19. The van der Waals surface area contributed by atoms with Gasteiger partial charge in [0.15, 0.2) is 7.85 Å². The SMILES string of the molecule is [B]C(=O)C[C@H](O)C[C@H](O)CCn1c(-c2ccc(F)cc2)c(-c2ccccc2)c(C(=O)Nc2ccccc2)c1C(C)C. The molecule has 4 rings (SSSR count). The Labute approximate surface area is 241 Å². The number of carbonyl (C=O) groups is 2. The Balaban J connectivity index is 1.89. The monoisotopic (exact) mass is 552 g/mol. The maximum atomic E-state index is 14.1. The quantitative estimate of drug-likeness (QED) is 0.190. The molecule has 210 valence electrons. The molecule has 0 bridgehead atoms. The Morgan fingerprint density at radius 3 is 2.07 bits per heavy atom. The number of carbonyl (C=O) groups excluding carboxylic acids is 2. The van der Waals surface area contributed by atoms with E-state index in [9.17, 15) is 24.2 Å². The topological polar surface area (TPSA) is 91.6 Å². The maximum absolute atomic E-state index is 14.1. The fraction of sp³-hybridized carbons (Fsp3) is 0.273. The van der Waals surface area contributed by atoms with E-state index in [0.29, 0.717) is 28.9 Å². The minimum Gasteiger partial charge on any atom is -0.393 e. The number of para-hydroxylation sites is 1. The van der Waals surface area contributed by atoms with Gasteiger partial charge in [-0.25, -0.2) is 4.39 Å². The molecule has 6 nitrogen and oxygen atoms in total. The lowest BCUT2D eigenvalue weighted by Gasteiger charge is -2.20. The molecule has 1 amide bonds. The van der Waals surface area contributed by atoms with Gasteiger partial charge in [-0.3, -0.25) is 4.79 Å². The van der Waals surface area contributed by atoms with Crippen molar-refractivity contribution in [2.24, 2.45) is 0 Å². The summed E-state index contributed by atoms with van der Waals surface area (Å²) < 4.78 is 16.0. The van der Waals surface area contributed by atoms with E-state index in [0.717, 1.165) is 17.0 Å². The third-order valence-corrected chi connectivity index (χ3v) is 6.96. The molecule has 0 spiro atoms. The highest BCUT2D eigenvalue weighted by Crippen LogP contribution is 2.42. The van der Waals surface area contributed by atoms with Crippen molar-refractivity contribution in [2.75, 3.05) is 5.32 Å². The summed E-state index contributed by atoms with van der Waals surface area (Å²) in [6, 6.07) is 24.9. The molecule has 2 radical (unpaired) electrons. The number of aromatic nitrogens is 1. The van der Waals surface area contributed by atoms with E-state index in [-0.39, 0.29) is 36.9 Å². The first-order valence-corrected chi connectivity index (χ1v) is 13.7. The number of nitrogens with zero attached hydrogens (tertiary/aromatic N) is 1. The summed E-state index contributed by atoms with van der Waals surface area (Å²) in [4.78, 5) is 25.3. The van der Waals surface area contributed by atoms with Gasteiger partial charge in [0.05, 0.1) is 29.1 Å². The van der Waals surface area contributed by atoms with Gasteiger partial charge in [0.2, 0.25) is 0 Å². The number of benzene rings is 3. The Hall–Kier alpha value is -4.01. The van der Waals surface area contributed by atoms with Gasteiger partial charge in [-0.2, -0.15) is 0 Å². The lowest BCUT2D eigenvalue weighted by atomic mass is 9.94. The largest absolute Gasteiger partial charge is 0.393 e. The van der Waals surface area contributed by atoms with E-state index >= 15 is 0 Å². The van der Waals surface area contributed by atoms with E-state index in [1.807, 2.05) is 79.1 Å². The van der Waals surface area contributed by atoms with Crippen LogP contribution in [0, 0.1) is 5.82 Å². The van der Waals surface area contributed by atoms with Gasteiger partial charge < -0.3 is 24.9 Å². The molecule has 3 aromatic carbocycles. The highest BCUT2D eigenvalue weighted by Gasteiger charge is 2.30. The number of aliphatic hydroxyl groups is 2. The molecular weight excluding hydrogens is 518 g/mol. The van der Waals surface area contributed by atoms with Crippen molar-refractivity contribution in [3.05, 3.63) is 102 Å². The Morgan fingerprint density at radius 2 is 1.49 bits per heavy atom. The van der Waals surface area contributed by atoms with Gasteiger partial charge in [0.25, 0.3) is 5.91 Å². The molecule has 3 N–H and O–H groups in total. The summed E-state index contributed by atoms with van der Waals surface area (Å²) in [5.74, 6) is -0.753. The van der Waals surface area contributed by atoms with Crippen LogP contribution in [-0.4, -0.2) is 46.4 Å². The average Bonchev–Trinajstić information content (AvgIpc) is 3.28. The molecule has 0 saturated heterocycles. The van der Waals surface area contributed by atoms with Gasteiger partial charge in [-0.05, 0) is 66.3 Å². The number of amides is 1. The minimum atomic E-state index is -1.06. The van der Waals surface area contributed by atoms with Crippen LogP contribution >= 0.6 is 0 Å². The Bertz CT molecular complexity index is 1470. The van der Waals surface area contributed by atoms with Crippen molar-refractivity contribution in [1.29, 1.82) is 0 Å². The summed E-state index contributed by atoms with van der Waals surface area (Å²) in [6.45, 7) is 4.31. The van der Waals surface area contributed by atoms with Crippen molar-refractivity contribution < 1.29 is 24.2 Å². The molecule has 2 atom stereocenters. The zero-order valence-corrected chi connectivity index (χ0v) is 23.3. The predicted octanol–water partition coefficient (Wildman–Crippen LogP) is 5.92. The van der Waals surface area contributed by atoms with Crippen LogP contribution in [0.25, 0.3) is 22.4 Å². The molecule has 8 heteroatoms. The number of hydrogen-bond donors (Lipinski definition) is 3. The van der Waals surface area contributed by atoms with Crippen LogP contribution in [0.2, 0.25) is 0 Å². The third kappa shape index (κ3) is 7.40. The molecule has 1 heterocycles. The second kappa shape index (κ2) is 13.6. The fourth-order valence-corrected chi connectivity index (χ4v) is 5.23. The van der Waals surface area contributed by atoms with Gasteiger partial charge in [-0.1, -0.05) is 62.4 Å². The van der Waals surface area contributed by atoms with Crippen molar-refractivity contribution in [3.8, 4) is 22.4 Å². The van der Waals surface area contributed by atoms with E-state index < -0.39 is 17.9 Å². The second-order valence-corrected chi connectivity index (χ2v) is 10.5. The summed E-state index contributed by atoms with van der Waals surface area (Å²) in [5.41, 5.74) is 4.25. The zero-order valence-electron chi connectivity index (χ0n) is 23.3. The highest BCUT2D eigenvalue weighted by molar-refractivity contribution is 6.57. The highest BCUT2D eigenvalue weighted by atomic mass is 19.1. The van der Waals surface area contributed by atoms with Crippen LogP contribution < -0.4 is 5.32 Å². The number of halogens is 1. The normalized spacial score (nSPS) is 12.7. The summed E-state index contributed by atoms with van der Waals surface area (Å²) >= 11 is 0. The summed E-state index contributed by atoms with van der Waals surface area (Å²) in [5, 5.41) is 23.9. The molecule has 41 heavy (non-hydrogen) atoms. The third-order valence-electron chi connectivity index (χ3n) is 6.96. The van der Waals surface area contributed by atoms with Crippen molar-refractivity contribution in [3.63, 3.8) is 0 Å². The molecule has 0 aliphatic heterocycles. The first kappa shape index (κ1) is 30.0. The van der Waals surface area contributed by atoms with Crippen LogP contribution in [0.1, 0.15) is 55.1 Å². The number of rotatable bonds is 12. The Morgan fingerprint density at radius 1 is 0.878 bits per heavy atom. The zero-order chi connectivity index (χ0) is 29.5.